The third-order valence-electron chi connectivity index (χ3n) is 6.01. The predicted molar refractivity (Wildman–Crippen MR) is 134 cm³/mol. The Morgan fingerprint density at radius 2 is 1.52 bits per heavy atom. The summed E-state index contributed by atoms with van der Waals surface area (Å²) in [4.78, 5) is 27.5. The lowest BCUT2D eigenvalue weighted by Gasteiger charge is -2.18. The number of anilines is 1. The van der Waals surface area contributed by atoms with Crippen LogP contribution in [-0.2, 0) is 22.4 Å². The molecule has 5 heteroatoms. The van der Waals surface area contributed by atoms with Crippen LogP contribution in [0.2, 0.25) is 0 Å². The highest BCUT2D eigenvalue weighted by molar-refractivity contribution is 7.17. The predicted octanol–water partition coefficient (Wildman–Crippen LogP) is 6.74. The van der Waals surface area contributed by atoms with Gasteiger partial charge in [-0.05, 0) is 56.2 Å². The van der Waals surface area contributed by atoms with Gasteiger partial charge in [-0.1, -0.05) is 67.1 Å². The molecule has 0 fully saturated rings. The van der Waals surface area contributed by atoms with E-state index in [1.807, 2.05) is 50.2 Å². The van der Waals surface area contributed by atoms with Crippen molar-refractivity contribution in [3.8, 4) is 0 Å². The minimum Gasteiger partial charge on any atom is -0.459 e. The minimum absolute atomic E-state index is 0.0590. The molecule has 33 heavy (non-hydrogen) atoms. The molecule has 1 N–H and O–H groups in total. The number of rotatable bonds is 7. The number of fused-ring (bicyclic) bond motifs is 1. The summed E-state index contributed by atoms with van der Waals surface area (Å²) >= 11 is 1.54. The highest BCUT2D eigenvalue weighted by atomic mass is 32.1. The molecule has 1 aliphatic carbocycles. The zero-order valence-corrected chi connectivity index (χ0v) is 20.1. The second-order valence-electron chi connectivity index (χ2n) is 8.85. The van der Waals surface area contributed by atoms with Crippen molar-refractivity contribution in [2.75, 3.05) is 5.32 Å². The molecule has 0 saturated heterocycles. The van der Waals surface area contributed by atoms with E-state index >= 15 is 0 Å². The highest BCUT2D eigenvalue weighted by Gasteiger charge is 2.28. The lowest BCUT2D eigenvalue weighted by molar-refractivity contribution is -0.116. The molecule has 0 atom stereocenters. The van der Waals surface area contributed by atoms with E-state index in [2.05, 4.69) is 29.6 Å². The number of benzene rings is 2. The SMILES string of the molecule is CC(C)OC(=O)c1c(NC(=O)CC(c2ccccc2)c2ccccc2)sc2c1CCCCC2. The normalized spacial score (nSPS) is 13.5. The number of carbonyl (C=O) groups is 2. The Morgan fingerprint density at radius 1 is 0.909 bits per heavy atom. The smallest absolute Gasteiger partial charge is 0.341 e. The molecule has 2 aromatic carbocycles. The summed E-state index contributed by atoms with van der Waals surface area (Å²) in [6.45, 7) is 3.71. The van der Waals surface area contributed by atoms with Crippen LogP contribution in [0.15, 0.2) is 60.7 Å². The Labute approximate surface area is 200 Å². The molecule has 1 aromatic heterocycles. The maximum Gasteiger partial charge on any atom is 0.341 e. The van der Waals surface area contributed by atoms with Crippen LogP contribution in [0.3, 0.4) is 0 Å². The van der Waals surface area contributed by atoms with Crippen LogP contribution < -0.4 is 5.32 Å². The van der Waals surface area contributed by atoms with Gasteiger partial charge in [0.2, 0.25) is 5.91 Å². The van der Waals surface area contributed by atoms with Crippen LogP contribution in [0, 0.1) is 0 Å². The van der Waals surface area contributed by atoms with Gasteiger partial charge in [-0.15, -0.1) is 11.3 Å². The maximum absolute atomic E-state index is 13.3. The van der Waals surface area contributed by atoms with Gasteiger partial charge in [0.15, 0.2) is 0 Å². The van der Waals surface area contributed by atoms with Crippen molar-refractivity contribution in [2.24, 2.45) is 0 Å². The second-order valence-corrected chi connectivity index (χ2v) is 9.95. The fourth-order valence-corrected chi connectivity index (χ4v) is 5.78. The van der Waals surface area contributed by atoms with E-state index in [0.717, 1.165) is 48.8 Å². The fourth-order valence-electron chi connectivity index (χ4n) is 4.48. The number of aryl methyl sites for hydroxylation is 1. The van der Waals surface area contributed by atoms with Gasteiger partial charge in [-0.3, -0.25) is 4.79 Å². The average molecular weight is 462 g/mol. The van der Waals surface area contributed by atoms with Crippen molar-refractivity contribution in [3.63, 3.8) is 0 Å². The molecule has 0 radical (unpaired) electrons. The van der Waals surface area contributed by atoms with Crippen molar-refractivity contribution in [2.45, 2.75) is 64.4 Å². The molecule has 4 nitrogen and oxygen atoms in total. The Balaban J connectivity index is 1.61. The van der Waals surface area contributed by atoms with Crippen LogP contribution in [0.25, 0.3) is 0 Å². The van der Waals surface area contributed by atoms with Gasteiger partial charge in [0.05, 0.1) is 11.7 Å². The summed E-state index contributed by atoms with van der Waals surface area (Å²) in [5.41, 5.74) is 3.83. The quantitative estimate of drug-likeness (QED) is 0.313. The van der Waals surface area contributed by atoms with Crippen LogP contribution in [0.5, 0.6) is 0 Å². The minimum atomic E-state index is -0.331. The van der Waals surface area contributed by atoms with Gasteiger partial charge in [0, 0.05) is 17.2 Å². The van der Waals surface area contributed by atoms with Crippen molar-refractivity contribution < 1.29 is 14.3 Å². The molecule has 1 amide bonds. The highest BCUT2D eigenvalue weighted by Crippen LogP contribution is 2.39. The third-order valence-corrected chi connectivity index (χ3v) is 7.22. The number of esters is 1. The Morgan fingerprint density at radius 3 is 2.12 bits per heavy atom. The van der Waals surface area contributed by atoms with E-state index in [4.69, 9.17) is 4.74 Å². The fraction of sp³-hybridized carbons (Fsp3) is 0.357. The van der Waals surface area contributed by atoms with E-state index in [-0.39, 0.29) is 23.9 Å². The molecule has 0 spiro atoms. The first-order chi connectivity index (χ1) is 16.0. The lowest BCUT2D eigenvalue weighted by atomic mass is 9.88. The van der Waals surface area contributed by atoms with E-state index < -0.39 is 0 Å². The molecule has 0 unspecified atom stereocenters. The van der Waals surface area contributed by atoms with Gasteiger partial charge in [0.25, 0.3) is 0 Å². The van der Waals surface area contributed by atoms with E-state index in [0.29, 0.717) is 17.0 Å². The number of ether oxygens (including phenoxy) is 1. The Hall–Kier alpha value is -2.92. The monoisotopic (exact) mass is 461 g/mol. The number of amides is 1. The summed E-state index contributed by atoms with van der Waals surface area (Å²) in [5, 5.41) is 3.73. The Bertz CT molecular complexity index is 1050. The molecular weight excluding hydrogens is 430 g/mol. The molecule has 0 saturated carbocycles. The molecule has 3 aromatic rings. The summed E-state index contributed by atoms with van der Waals surface area (Å²) in [6, 6.07) is 20.2. The number of hydrogen-bond donors (Lipinski definition) is 1. The molecule has 172 valence electrons. The number of thiophene rings is 1. The largest absolute Gasteiger partial charge is 0.459 e. The standard InChI is InChI=1S/C28H31NO3S/c1-19(2)32-28(31)26-22-16-10-5-11-17-24(22)33-27(26)29-25(30)18-23(20-12-6-3-7-13-20)21-14-8-4-9-15-21/h3-4,6-9,12-15,19,23H,5,10-11,16-18H2,1-2H3,(H,29,30). The summed E-state index contributed by atoms with van der Waals surface area (Å²) < 4.78 is 5.56. The summed E-state index contributed by atoms with van der Waals surface area (Å²) in [7, 11) is 0. The number of nitrogens with one attached hydrogen (secondary N) is 1. The third kappa shape index (κ3) is 5.72. The molecule has 0 bridgehead atoms. The van der Waals surface area contributed by atoms with Crippen LogP contribution >= 0.6 is 11.3 Å². The molecule has 4 rings (SSSR count). The van der Waals surface area contributed by atoms with E-state index in [1.165, 1.54) is 4.88 Å². The first kappa shape index (κ1) is 23.2. The first-order valence-corrected chi connectivity index (χ1v) is 12.6. The second kappa shape index (κ2) is 10.8. The maximum atomic E-state index is 13.3. The van der Waals surface area contributed by atoms with Crippen molar-refractivity contribution in [1.82, 2.24) is 0 Å². The zero-order valence-electron chi connectivity index (χ0n) is 19.3. The average Bonchev–Trinajstić information content (AvgIpc) is 2.98. The summed E-state index contributed by atoms with van der Waals surface area (Å²) in [6.07, 6.45) is 5.25. The van der Waals surface area contributed by atoms with Gasteiger partial charge in [-0.25, -0.2) is 4.79 Å². The van der Waals surface area contributed by atoms with E-state index in [9.17, 15) is 9.59 Å². The van der Waals surface area contributed by atoms with Gasteiger partial charge in [-0.2, -0.15) is 0 Å². The van der Waals surface area contributed by atoms with Crippen molar-refractivity contribution in [3.05, 3.63) is 87.8 Å². The number of carbonyl (C=O) groups excluding carboxylic acids is 2. The topological polar surface area (TPSA) is 55.4 Å². The molecule has 1 heterocycles. The van der Waals surface area contributed by atoms with Crippen LogP contribution in [0.1, 0.15) is 77.4 Å². The molecular formula is C28H31NO3S. The van der Waals surface area contributed by atoms with Crippen molar-refractivity contribution >= 4 is 28.2 Å². The van der Waals surface area contributed by atoms with Gasteiger partial charge in [0.1, 0.15) is 5.00 Å². The molecule has 0 aliphatic heterocycles. The van der Waals surface area contributed by atoms with E-state index in [1.54, 1.807) is 11.3 Å². The van der Waals surface area contributed by atoms with Crippen LogP contribution in [0.4, 0.5) is 5.00 Å². The van der Waals surface area contributed by atoms with Gasteiger partial charge < -0.3 is 10.1 Å². The number of hydrogen-bond acceptors (Lipinski definition) is 4. The van der Waals surface area contributed by atoms with Crippen molar-refractivity contribution in [1.29, 1.82) is 0 Å². The Kier molecular flexibility index (Phi) is 7.61. The zero-order chi connectivity index (χ0) is 23.2. The molecule has 1 aliphatic rings. The first-order valence-electron chi connectivity index (χ1n) is 11.8. The van der Waals surface area contributed by atoms with Gasteiger partial charge >= 0.3 is 5.97 Å². The summed E-state index contributed by atoms with van der Waals surface area (Å²) in [5.74, 6) is -0.485. The van der Waals surface area contributed by atoms with Crippen LogP contribution in [-0.4, -0.2) is 18.0 Å². The lowest BCUT2D eigenvalue weighted by Crippen LogP contribution is -2.19.